The summed E-state index contributed by atoms with van der Waals surface area (Å²) >= 11 is 0. The molecular formula is C31H28. The molecule has 0 nitrogen and oxygen atoms in total. The van der Waals surface area contributed by atoms with Crippen molar-refractivity contribution in [2.24, 2.45) is 0 Å². The molecular weight excluding hydrogens is 372 g/mol. The fourth-order valence-electron chi connectivity index (χ4n) is 6.05. The molecule has 0 unspecified atom stereocenters. The second-order valence-corrected chi connectivity index (χ2v) is 10.3. The van der Waals surface area contributed by atoms with Gasteiger partial charge in [0.1, 0.15) is 0 Å². The normalized spacial score (nSPS) is 16.4. The van der Waals surface area contributed by atoms with E-state index in [0.717, 1.165) is 0 Å². The minimum absolute atomic E-state index is 0.0258. The molecule has 0 heterocycles. The zero-order chi connectivity index (χ0) is 21.5. The van der Waals surface area contributed by atoms with Crippen molar-refractivity contribution in [2.45, 2.75) is 45.4 Å². The minimum atomic E-state index is 0.0258. The number of benzene rings is 4. The van der Waals surface area contributed by atoms with Gasteiger partial charge in [-0.1, -0.05) is 94.4 Å². The van der Waals surface area contributed by atoms with Crippen LogP contribution < -0.4 is 0 Å². The zero-order valence-electron chi connectivity index (χ0n) is 19.0. The summed E-state index contributed by atoms with van der Waals surface area (Å²) in [7, 11) is 0. The van der Waals surface area contributed by atoms with Crippen molar-refractivity contribution in [3.8, 4) is 33.4 Å². The fraction of sp³-hybridized carbons (Fsp3) is 0.226. The summed E-state index contributed by atoms with van der Waals surface area (Å²) in [6, 6.07) is 29.8. The summed E-state index contributed by atoms with van der Waals surface area (Å²) < 4.78 is 0. The molecule has 2 aliphatic carbocycles. The molecule has 0 aromatic heterocycles. The maximum atomic E-state index is 2.43. The van der Waals surface area contributed by atoms with Gasteiger partial charge in [0.25, 0.3) is 0 Å². The number of fused-ring (bicyclic) bond motifs is 6. The summed E-state index contributed by atoms with van der Waals surface area (Å²) in [6.45, 7) is 11.6. The Labute approximate surface area is 185 Å². The second-order valence-electron chi connectivity index (χ2n) is 10.3. The van der Waals surface area contributed by atoms with Crippen molar-refractivity contribution in [1.29, 1.82) is 0 Å². The van der Waals surface area contributed by atoms with E-state index in [9.17, 15) is 0 Å². The highest BCUT2D eigenvalue weighted by atomic mass is 14.4. The van der Waals surface area contributed by atoms with Crippen LogP contribution in [0.1, 0.15) is 55.5 Å². The van der Waals surface area contributed by atoms with E-state index in [0.29, 0.717) is 0 Å². The first kappa shape index (κ1) is 18.6. The van der Waals surface area contributed by atoms with Crippen molar-refractivity contribution in [3.63, 3.8) is 0 Å². The van der Waals surface area contributed by atoms with Gasteiger partial charge in [0.05, 0.1) is 0 Å². The first-order valence-electron chi connectivity index (χ1n) is 11.3. The summed E-state index contributed by atoms with van der Waals surface area (Å²) in [5, 5.41) is 0. The molecule has 0 spiro atoms. The Morgan fingerprint density at radius 2 is 1.13 bits per heavy atom. The third-order valence-corrected chi connectivity index (χ3v) is 7.83. The largest absolute Gasteiger partial charge is 0.0619 e. The van der Waals surface area contributed by atoms with Gasteiger partial charge in [-0.05, 0) is 80.3 Å². The molecule has 0 bridgehead atoms. The third-order valence-electron chi connectivity index (χ3n) is 7.83. The lowest BCUT2D eigenvalue weighted by Crippen LogP contribution is -2.15. The molecule has 0 atom stereocenters. The van der Waals surface area contributed by atoms with Crippen LogP contribution in [0, 0.1) is 6.92 Å². The lowest BCUT2D eigenvalue weighted by atomic mass is 9.81. The number of hydrogen-bond donors (Lipinski definition) is 0. The Bertz CT molecular complexity index is 1380. The maximum absolute atomic E-state index is 2.43. The number of hydrogen-bond acceptors (Lipinski definition) is 0. The SMILES string of the molecule is Cc1cccc2c1-c1ccc(-c3ccc4c(c3)-c3ccccc3C4(C)C)cc1C2(C)C. The van der Waals surface area contributed by atoms with E-state index in [1.807, 2.05) is 0 Å². The van der Waals surface area contributed by atoms with E-state index < -0.39 is 0 Å². The van der Waals surface area contributed by atoms with E-state index in [1.54, 1.807) is 0 Å². The van der Waals surface area contributed by atoms with E-state index in [-0.39, 0.29) is 10.8 Å². The van der Waals surface area contributed by atoms with Crippen LogP contribution in [0.25, 0.3) is 33.4 Å². The second kappa shape index (κ2) is 5.98. The Morgan fingerprint density at radius 3 is 1.97 bits per heavy atom. The van der Waals surface area contributed by atoms with Gasteiger partial charge in [0, 0.05) is 10.8 Å². The standard InChI is InChI=1S/C31H28/c1-19-9-8-12-27-29(19)23-15-13-21(18-28(23)31(27,4)5)20-14-16-26-24(17-20)22-10-6-7-11-25(22)30(26,2)3/h6-18H,1-5H3. The van der Waals surface area contributed by atoms with Gasteiger partial charge in [-0.3, -0.25) is 0 Å². The maximum Gasteiger partial charge on any atom is 0.0159 e. The molecule has 0 saturated heterocycles. The summed E-state index contributed by atoms with van der Waals surface area (Å²) in [4.78, 5) is 0. The molecule has 0 N–H and O–H groups in total. The fourth-order valence-corrected chi connectivity index (χ4v) is 6.05. The molecule has 0 radical (unpaired) electrons. The predicted molar refractivity (Wildman–Crippen MR) is 132 cm³/mol. The van der Waals surface area contributed by atoms with E-state index >= 15 is 0 Å². The number of aryl methyl sites for hydroxylation is 1. The van der Waals surface area contributed by atoms with Crippen LogP contribution in [0.3, 0.4) is 0 Å². The Morgan fingerprint density at radius 1 is 0.484 bits per heavy atom. The molecule has 31 heavy (non-hydrogen) atoms. The highest BCUT2D eigenvalue weighted by Crippen LogP contribution is 2.52. The molecule has 0 aliphatic heterocycles. The van der Waals surface area contributed by atoms with Gasteiger partial charge in [-0.2, -0.15) is 0 Å². The van der Waals surface area contributed by atoms with Crippen LogP contribution in [-0.4, -0.2) is 0 Å². The van der Waals surface area contributed by atoms with Crippen LogP contribution in [0.2, 0.25) is 0 Å². The van der Waals surface area contributed by atoms with E-state index in [1.165, 1.54) is 61.2 Å². The predicted octanol–water partition coefficient (Wildman–Crippen LogP) is 8.27. The van der Waals surface area contributed by atoms with Crippen LogP contribution in [-0.2, 0) is 10.8 Å². The highest BCUT2D eigenvalue weighted by Gasteiger charge is 2.37. The Kier molecular flexibility index (Phi) is 3.59. The third kappa shape index (κ3) is 2.36. The molecule has 0 fully saturated rings. The first-order valence-corrected chi connectivity index (χ1v) is 11.3. The van der Waals surface area contributed by atoms with Gasteiger partial charge >= 0.3 is 0 Å². The average Bonchev–Trinajstić information content (AvgIpc) is 3.14. The summed E-state index contributed by atoms with van der Waals surface area (Å²) in [5.41, 5.74) is 15.4. The van der Waals surface area contributed by atoms with Gasteiger partial charge in [0.2, 0.25) is 0 Å². The quantitative estimate of drug-likeness (QED) is 0.301. The van der Waals surface area contributed by atoms with Crippen molar-refractivity contribution in [2.75, 3.05) is 0 Å². The molecule has 4 aromatic rings. The van der Waals surface area contributed by atoms with Crippen LogP contribution in [0.4, 0.5) is 0 Å². The number of rotatable bonds is 1. The minimum Gasteiger partial charge on any atom is -0.0619 e. The molecule has 152 valence electrons. The first-order chi connectivity index (χ1) is 14.8. The van der Waals surface area contributed by atoms with Crippen molar-refractivity contribution < 1.29 is 0 Å². The summed E-state index contributed by atoms with van der Waals surface area (Å²) in [6.07, 6.45) is 0. The van der Waals surface area contributed by atoms with E-state index in [4.69, 9.17) is 0 Å². The van der Waals surface area contributed by atoms with Crippen LogP contribution >= 0.6 is 0 Å². The van der Waals surface area contributed by atoms with E-state index in [2.05, 4.69) is 113 Å². The van der Waals surface area contributed by atoms with Crippen molar-refractivity contribution in [1.82, 2.24) is 0 Å². The van der Waals surface area contributed by atoms with Gasteiger partial charge in [0.15, 0.2) is 0 Å². The van der Waals surface area contributed by atoms with Gasteiger partial charge < -0.3 is 0 Å². The Balaban J connectivity index is 1.52. The summed E-state index contributed by atoms with van der Waals surface area (Å²) in [5.74, 6) is 0. The lowest BCUT2D eigenvalue weighted by molar-refractivity contribution is 0.660. The molecule has 0 saturated carbocycles. The lowest BCUT2D eigenvalue weighted by Gasteiger charge is -2.22. The van der Waals surface area contributed by atoms with Crippen molar-refractivity contribution in [3.05, 3.63) is 107 Å². The highest BCUT2D eigenvalue weighted by molar-refractivity contribution is 5.88. The topological polar surface area (TPSA) is 0 Å². The van der Waals surface area contributed by atoms with Crippen molar-refractivity contribution >= 4 is 0 Å². The van der Waals surface area contributed by atoms with Crippen LogP contribution in [0.15, 0.2) is 78.9 Å². The average molecular weight is 401 g/mol. The smallest absolute Gasteiger partial charge is 0.0159 e. The molecule has 0 amide bonds. The molecule has 6 rings (SSSR count). The molecule has 2 aliphatic rings. The zero-order valence-corrected chi connectivity index (χ0v) is 19.0. The Hall–Kier alpha value is -3.12. The van der Waals surface area contributed by atoms with Gasteiger partial charge in [-0.15, -0.1) is 0 Å². The monoisotopic (exact) mass is 400 g/mol. The molecule has 0 heteroatoms. The van der Waals surface area contributed by atoms with Gasteiger partial charge in [-0.25, -0.2) is 0 Å². The van der Waals surface area contributed by atoms with Crippen LogP contribution in [0.5, 0.6) is 0 Å². The molecule has 4 aromatic carbocycles.